The summed E-state index contributed by atoms with van der Waals surface area (Å²) in [4.78, 5) is 12.4. The summed E-state index contributed by atoms with van der Waals surface area (Å²) in [6.45, 7) is 0.822. The summed E-state index contributed by atoms with van der Waals surface area (Å²) in [6, 6.07) is 14.2. The van der Waals surface area contributed by atoms with Gasteiger partial charge < -0.3 is 9.88 Å². The van der Waals surface area contributed by atoms with Crippen LogP contribution in [0.3, 0.4) is 0 Å². The molecule has 5 nitrogen and oxygen atoms in total. The molecule has 1 aliphatic rings. The van der Waals surface area contributed by atoms with Crippen LogP contribution in [-0.2, 0) is 17.8 Å². The number of allylic oxidation sites excluding steroid dienone is 1. The maximum Gasteiger partial charge on any atom is 0.417 e. The molecular weight excluding hydrogens is 405 g/mol. The number of nitrogens with zero attached hydrogens (tertiary/aromatic N) is 3. The van der Waals surface area contributed by atoms with Crippen LogP contribution in [0.15, 0.2) is 60.7 Å². The Kier molecular flexibility index (Phi) is 5.88. The average Bonchev–Trinajstić information content (AvgIpc) is 3.00. The Labute approximate surface area is 177 Å². The third-order valence-electron chi connectivity index (χ3n) is 5.16. The predicted octanol–water partition coefficient (Wildman–Crippen LogP) is 5.26. The van der Waals surface area contributed by atoms with E-state index in [1.165, 1.54) is 24.3 Å². The Bertz CT molecular complexity index is 1100. The second-order valence-electron chi connectivity index (χ2n) is 7.39. The van der Waals surface area contributed by atoms with Crippen LogP contribution in [-0.4, -0.2) is 26.8 Å². The minimum atomic E-state index is -4.65. The molecule has 0 saturated heterocycles. The molecule has 0 saturated carbocycles. The van der Waals surface area contributed by atoms with Gasteiger partial charge in [-0.3, -0.25) is 4.79 Å². The highest BCUT2D eigenvalue weighted by atomic mass is 19.4. The molecule has 2 aromatic carbocycles. The van der Waals surface area contributed by atoms with Gasteiger partial charge in [-0.1, -0.05) is 48.9 Å². The van der Waals surface area contributed by atoms with E-state index in [1.807, 2.05) is 6.07 Å². The fourth-order valence-electron chi connectivity index (χ4n) is 3.69. The van der Waals surface area contributed by atoms with Gasteiger partial charge in [0.25, 0.3) is 0 Å². The van der Waals surface area contributed by atoms with E-state index in [0.717, 1.165) is 43.6 Å². The fraction of sp³-hybridized carbons (Fsp3) is 0.261. The quantitative estimate of drug-likeness (QED) is 0.579. The van der Waals surface area contributed by atoms with Crippen molar-refractivity contribution in [3.63, 3.8) is 0 Å². The summed E-state index contributed by atoms with van der Waals surface area (Å²) in [7, 11) is 0. The smallest absolute Gasteiger partial charge is 0.322 e. The highest BCUT2D eigenvalue weighted by Crippen LogP contribution is 2.34. The maximum atomic E-state index is 13.5. The highest BCUT2D eigenvalue weighted by Gasteiger charge is 2.35. The summed E-state index contributed by atoms with van der Waals surface area (Å²) >= 11 is 0. The zero-order valence-electron chi connectivity index (χ0n) is 16.7. The molecule has 3 aromatic rings. The Morgan fingerprint density at radius 3 is 2.58 bits per heavy atom. The molecule has 1 amide bonds. The molecular formula is C23H21F3N4O. The number of hydrogen-bond donors (Lipinski definition) is 1. The van der Waals surface area contributed by atoms with Crippen LogP contribution in [0.4, 0.5) is 18.9 Å². The lowest BCUT2D eigenvalue weighted by Crippen LogP contribution is -2.16. The van der Waals surface area contributed by atoms with E-state index in [-0.39, 0.29) is 5.56 Å². The van der Waals surface area contributed by atoms with E-state index in [0.29, 0.717) is 17.6 Å². The molecule has 2 heterocycles. The molecule has 31 heavy (non-hydrogen) atoms. The van der Waals surface area contributed by atoms with E-state index < -0.39 is 17.7 Å². The summed E-state index contributed by atoms with van der Waals surface area (Å²) in [5.41, 5.74) is 0.0791. The number of aromatic nitrogens is 3. The Hall–Kier alpha value is -3.42. The summed E-state index contributed by atoms with van der Waals surface area (Å²) in [5.74, 6) is 0.778. The first-order chi connectivity index (χ1) is 14.9. The van der Waals surface area contributed by atoms with Crippen LogP contribution < -0.4 is 5.32 Å². The number of amides is 1. The molecule has 8 heteroatoms. The van der Waals surface area contributed by atoms with Gasteiger partial charge in [0.05, 0.1) is 5.57 Å². The van der Waals surface area contributed by atoms with Crippen molar-refractivity contribution in [2.75, 3.05) is 5.32 Å². The number of rotatable bonds is 4. The number of hydrogen-bond acceptors (Lipinski definition) is 3. The molecule has 0 bridgehead atoms. The molecule has 4 rings (SSSR count). The Morgan fingerprint density at radius 1 is 1.00 bits per heavy atom. The highest BCUT2D eigenvalue weighted by molar-refractivity contribution is 6.04. The van der Waals surface area contributed by atoms with Gasteiger partial charge in [-0.05, 0) is 30.5 Å². The van der Waals surface area contributed by atoms with Crippen molar-refractivity contribution < 1.29 is 18.0 Å². The van der Waals surface area contributed by atoms with E-state index in [9.17, 15) is 18.0 Å². The van der Waals surface area contributed by atoms with Crippen molar-refractivity contribution in [3.05, 3.63) is 72.1 Å². The third-order valence-corrected chi connectivity index (χ3v) is 5.16. The Balaban J connectivity index is 1.58. The van der Waals surface area contributed by atoms with Gasteiger partial charge in [0.1, 0.15) is 5.82 Å². The molecule has 1 N–H and O–H groups in total. The fourth-order valence-corrected chi connectivity index (χ4v) is 3.69. The number of aryl methyl sites for hydroxylation is 1. The van der Waals surface area contributed by atoms with Gasteiger partial charge in [0.15, 0.2) is 5.82 Å². The number of anilines is 1. The van der Waals surface area contributed by atoms with Crippen LogP contribution in [0.25, 0.3) is 17.0 Å². The van der Waals surface area contributed by atoms with Crippen molar-refractivity contribution in [1.82, 2.24) is 14.8 Å². The van der Waals surface area contributed by atoms with E-state index in [4.69, 9.17) is 0 Å². The van der Waals surface area contributed by atoms with Crippen LogP contribution >= 0.6 is 0 Å². The zero-order chi connectivity index (χ0) is 21.8. The lowest BCUT2D eigenvalue weighted by atomic mass is 10.1. The molecule has 1 aliphatic heterocycles. The van der Waals surface area contributed by atoms with Crippen LogP contribution in [0, 0.1) is 0 Å². The molecule has 0 fully saturated rings. The summed E-state index contributed by atoms with van der Waals surface area (Å²) in [6.07, 6.45) is 0.0509. The molecule has 0 atom stereocenters. The standard InChI is InChI=1S/C23H21F3N4O/c24-23(25,26)19(16-8-3-1-4-9-16)15-21(31)27-18-11-7-10-17(14-18)22-29-28-20-12-5-2-6-13-30(20)22/h1,3-4,7-11,14-15H,2,5-6,12-13H2,(H,27,31)/b19-15-. The van der Waals surface area contributed by atoms with Gasteiger partial charge in [0, 0.05) is 30.3 Å². The van der Waals surface area contributed by atoms with Crippen molar-refractivity contribution in [2.45, 2.75) is 38.4 Å². The molecule has 0 spiro atoms. The normalized spacial score (nSPS) is 14.6. The summed E-state index contributed by atoms with van der Waals surface area (Å²) in [5, 5.41) is 11.1. The van der Waals surface area contributed by atoms with Gasteiger partial charge in [0.2, 0.25) is 5.91 Å². The van der Waals surface area contributed by atoms with Crippen LogP contribution in [0.5, 0.6) is 0 Å². The zero-order valence-corrected chi connectivity index (χ0v) is 16.7. The number of alkyl halides is 3. The second-order valence-corrected chi connectivity index (χ2v) is 7.39. The van der Waals surface area contributed by atoms with Gasteiger partial charge in [-0.2, -0.15) is 13.2 Å². The monoisotopic (exact) mass is 426 g/mol. The average molecular weight is 426 g/mol. The largest absolute Gasteiger partial charge is 0.417 e. The number of benzene rings is 2. The number of halogens is 3. The number of nitrogens with one attached hydrogen (secondary N) is 1. The van der Waals surface area contributed by atoms with E-state index in [2.05, 4.69) is 20.1 Å². The SMILES string of the molecule is O=C(/C=C(/c1ccccc1)C(F)(F)F)Nc1cccc(-c2nnc3n2CCCCC3)c1. The molecule has 1 aromatic heterocycles. The molecule has 0 aliphatic carbocycles. The number of fused-ring (bicyclic) bond motifs is 1. The van der Waals surface area contributed by atoms with Crippen LogP contribution in [0.1, 0.15) is 30.7 Å². The first kappa shape index (κ1) is 20.8. The summed E-state index contributed by atoms with van der Waals surface area (Å²) < 4.78 is 42.5. The number of carbonyl (C=O) groups is 1. The molecule has 0 unspecified atom stereocenters. The lowest BCUT2D eigenvalue weighted by molar-refractivity contribution is -0.112. The van der Waals surface area contributed by atoms with Crippen molar-refractivity contribution in [1.29, 1.82) is 0 Å². The third kappa shape index (κ3) is 4.84. The molecule has 160 valence electrons. The van der Waals surface area contributed by atoms with E-state index in [1.54, 1.807) is 24.3 Å². The topological polar surface area (TPSA) is 59.8 Å². The minimum Gasteiger partial charge on any atom is -0.322 e. The predicted molar refractivity (Wildman–Crippen MR) is 112 cm³/mol. The van der Waals surface area contributed by atoms with Crippen molar-refractivity contribution in [2.24, 2.45) is 0 Å². The molecule has 0 radical (unpaired) electrons. The first-order valence-electron chi connectivity index (χ1n) is 10.1. The Morgan fingerprint density at radius 2 is 1.81 bits per heavy atom. The van der Waals surface area contributed by atoms with Gasteiger partial charge in [-0.15, -0.1) is 10.2 Å². The van der Waals surface area contributed by atoms with Crippen molar-refractivity contribution >= 4 is 17.2 Å². The minimum absolute atomic E-state index is 0.0648. The van der Waals surface area contributed by atoms with Gasteiger partial charge in [-0.25, -0.2) is 0 Å². The first-order valence-corrected chi connectivity index (χ1v) is 10.1. The number of carbonyl (C=O) groups excluding carboxylic acids is 1. The van der Waals surface area contributed by atoms with Crippen molar-refractivity contribution in [3.8, 4) is 11.4 Å². The maximum absolute atomic E-state index is 13.5. The van der Waals surface area contributed by atoms with Gasteiger partial charge >= 0.3 is 6.18 Å². The second kappa shape index (κ2) is 8.75. The lowest BCUT2D eigenvalue weighted by Gasteiger charge is -2.12. The van der Waals surface area contributed by atoms with Crippen LogP contribution in [0.2, 0.25) is 0 Å². The van der Waals surface area contributed by atoms with E-state index >= 15 is 0 Å².